The van der Waals surface area contributed by atoms with Crippen molar-refractivity contribution < 1.29 is 13.2 Å². The largest absolute Gasteiger partial charge is 0.348 e. The van der Waals surface area contributed by atoms with Crippen molar-refractivity contribution in [2.24, 2.45) is 16.0 Å². The van der Waals surface area contributed by atoms with Crippen molar-refractivity contribution in [1.82, 2.24) is 5.32 Å². The molecule has 2 rings (SSSR count). The summed E-state index contributed by atoms with van der Waals surface area (Å²) < 4.78 is 22.9. The lowest BCUT2D eigenvalue weighted by Crippen LogP contribution is -2.30. The van der Waals surface area contributed by atoms with Crippen LogP contribution in [0.15, 0.2) is 23.1 Å². The molecule has 21 heavy (non-hydrogen) atoms. The molecule has 0 aromatic heterocycles. The molecule has 7 heteroatoms. The first-order valence-corrected chi connectivity index (χ1v) is 8.44. The van der Waals surface area contributed by atoms with E-state index >= 15 is 0 Å². The van der Waals surface area contributed by atoms with Gasteiger partial charge in [-0.3, -0.25) is 4.79 Å². The first-order valence-electron chi connectivity index (χ1n) is 6.52. The quantitative estimate of drug-likeness (QED) is 0.889. The summed E-state index contributed by atoms with van der Waals surface area (Å²) in [4.78, 5) is 12.0. The number of nitrogens with two attached hydrogens (primary N) is 1. The molecule has 1 fully saturated rings. The van der Waals surface area contributed by atoms with Gasteiger partial charge >= 0.3 is 0 Å². The molecule has 1 saturated carbocycles. The van der Waals surface area contributed by atoms with Crippen LogP contribution in [-0.4, -0.2) is 20.4 Å². The highest BCUT2D eigenvalue weighted by Gasteiger charge is 2.65. The molecule has 0 radical (unpaired) electrons. The maximum absolute atomic E-state index is 12.3. The predicted octanol–water partition coefficient (Wildman–Crippen LogP) is 2.15. The van der Waals surface area contributed by atoms with E-state index in [0.717, 1.165) is 0 Å². The van der Waals surface area contributed by atoms with Crippen LogP contribution in [0.4, 0.5) is 0 Å². The van der Waals surface area contributed by atoms with Gasteiger partial charge < -0.3 is 5.32 Å². The van der Waals surface area contributed by atoms with Gasteiger partial charge in [-0.25, -0.2) is 13.6 Å². The molecule has 1 aromatic rings. The monoisotopic (exact) mass is 330 g/mol. The highest BCUT2D eigenvalue weighted by molar-refractivity contribution is 7.89. The van der Waals surface area contributed by atoms with Crippen LogP contribution < -0.4 is 10.5 Å². The molecule has 0 spiro atoms. The van der Waals surface area contributed by atoms with E-state index in [9.17, 15) is 13.2 Å². The Morgan fingerprint density at radius 3 is 2.19 bits per heavy atom. The number of nitrogens with one attached hydrogen (secondary N) is 1. The number of amides is 1. The standard InChI is InChI=1S/C14H19ClN2O3S/c1-13(2)12(14(13,3)4)17-11(18)8-5-6-9(15)10(7-8)21(16,19)20/h5-7,12H,1-4H3,(H,17,18)(H2,16,19,20). The lowest BCUT2D eigenvalue weighted by molar-refractivity contribution is 0.0943. The average molecular weight is 331 g/mol. The molecular weight excluding hydrogens is 312 g/mol. The van der Waals surface area contributed by atoms with Crippen LogP contribution in [0.1, 0.15) is 38.1 Å². The average Bonchev–Trinajstić information content (AvgIpc) is 2.70. The van der Waals surface area contributed by atoms with Gasteiger partial charge in [-0.15, -0.1) is 0 Å². The van der Waals surface area contributed by atoms with Crippen molar-refractivity contribution in [2.75, 3.05) is 0 Å². The second kappa shape index (κ2) is 4.69. The van der Waals surface area contributed by atoms with Gasteiger partial charge in [0.2, 0.25) is 10.0 Å². The Bertz CT molecular complexity index is 697. The topological polar surface area (TPSA) is 89.3 Å². The van der Waals surface area contributed by atoms with E-state index in [4.69, 9.17) is 16.7 Å². The Hall–Kier alpha value is -1.11. The summed E-state index contributed by atoms with van der Waals surface area (Å²) in [5.41, 5.74) is 0.220. The lowest BCUT2D eigenvalue weighted by atomic mass is 10.0. The van der Waals surface area contributed by atoms with E-state index < -0.39 is 10.0 Å². The zero-order valence-electron chi connectivity index (χ0n) is 12.4. The number of benzene rings is 1. The minimum atomic E-state index is -3.96. The number of hydrogen-bond donors (Lipinski definition) is 2. The molecule has 5 nitrogen and oxygen atoms in total. The second-order valence-electron chi connectivity index (χ2n) is 6.54. The minimum Gasteiger partial charge on any atom is -0.348 e. The highest BCUT2D eigenvalue weighted by atomic mass is 35.5. The third kappa shape index (κ3) is 2.67. The van der Waals surface area contributed by atoms with Crippen LogP contribution >= 0.6 is 11.6 Å². The number of carbonyl (C=O) groups is 1. The summed E-state index contributed by atoms with van der Waals surface area (Å²) in [6.45, 7) is 8.32. The van der Waals surface area contributed by atoms with Crippen molar-refractivity contribution >= 4 is 27.5 Å². The number of halogens is 1. The molecule has 1 amide bonds. The Kier molecular flexibility index (Phi) is 3.64. The number of hydrogen-bond acceptors (Lipinski definition) is 3. The number of rotatable bonds is 3. The maximum Gasteiger partial charge on any atom is 0.251 e. The molecule has 1 aliphatic carbocycles. The van der Waals surface area contributed by atoms with Crippen LogP contribution in [0.2, 0.25) is 5.02 Å². The van der Waals surface area contributed by atoms with Crippen molar-refractivity contribution in [3.63, 3.8) is 0 Å². The van der Waals surface area contributed by atoms with Gasteiger partial charge in [0.1, 0.15) is 4.90 Å². The molecule has 0 atom stereocenters. The summed E-state index contributed by atoms with van der Waals surface area (Å²) in [5.74, 6) is -0.333. The third-order valence-corrected chi connectivity index (χ3v) is 6.19. The van der Waals surface area contributed by atoms with E-state index in [-0.39, 0.29) is 38.3 Å². The summed E-state index contributed by atoms with van der Waals surface area (Å²) in [5, 5.41) is 8.01. The van der Waals surface area contributed by atoms with Crippen LogP contribution in [0.25, 0.3) is 0 Å². The molecule has 0 bridgehead atoms. The number of primary sulfonamides is 1. The van der Waals surface area contributed by atoms with Gasteiger partial charge in [0.25, 0.3) is 5.91 Å². The van der Waals surface area contributed by atoms with Crippen molar-refractivity contribution in [3.8, 4) is 0 Å². The van der Waals surface area contributed by atoms with Crippen molar-refractivity contribution in [3.05, 3.63) is 28.8 Å². The molecule has 1 aliphatic rings. The van der Waals surface area contributed by atoms with Crippen LogP contribution in [0.5, 0.6) is 0 Å². The third-order valence-electron chi connectivity index (χ3n) is 4.80. The van der Waals surface area contributed by atoms with Gasteiger partial charge in [0.05, 0.1) is 5.02 Å². The second-order valence-corrected chi connectivity index (χ2v) is 8.48. The molecule has 0 saturated heterocycles. The summed E-state index contributed by atoms with van der Waals surface area (Å²) in [6.07, 6.45) is 0. The predicted molar refractivity (Wildman–Crippen MR) is 81.6 cm³/mol. The minimum absolute atomic E-state index is 0.00105. The van der Waals surface area contributed by atoms with Gasteiger partial charge in [-0.05, 0) is 29.0 Å². The van der Waals surface area contributed by atoms with Crippen LogP contribution in [0.3, 0.4) is 0 Å². The van der Waals surface area contributed by atoms with E-state index in [2.05, 4.69) is 33.0 Å². The summed E-state index contributed by atoms with van der Waals surface area (Å²) in [7, 11) is -3.96. The molecule has 3 N–H and O–H groups in total. The van der Waals surface area contributed by atoms with Gasteiger partial charge in [0.15, 0.2) is 0 Å². The lowest BCUT2D eigenvalue weighted by Gasteiger charge is -2.09. The number of carbonyl (C=O) groups excluding carboxylic acids is 1. The fourth-order valence-corrected chi connectivity index (χ4v) is 3.71. The Morgan fingerprint density at radius 2 is 1.76 bits per heavy atom. The normalized spacial score (nSPS) is 20.1. The molecule has 0 unspecified atom stereocenters. The van der Waals surface area contributed by atoms with Gasteiger partial charge in [-0.2, -0.15) is 0 Å². The fraction of sp³-hybridized carbons (Fsp3) is 0.500. The van der Waals surface area contributed by atoms with E-state index in [1.165, 1.54) is 18.2 Å². The zero-order chi connectivity index (χ0) is 16.2. The fourth-order valence-electron chi connectivity index (χ4n) is 2.63. The van der Waals surface area contributed by atoms with Crippen molar-refractivity contribution in [1.29, 1.82) is 0 Å². The smallest absolute Gasteiger partial charge is 0.251 e. The SMILES string of the molecule is CC1(C)C(NC(=O)c2ccc(Cl)c(S(N)(=O)=O)c2)C1(C)C. The zero-order valence-corrected chi connectivity index (χ0v) is 14.0. The Morgan fingerprint density at radius 1 is 1.24 bits per heavy atom. The Balaban J connectivity index is 2.26. The number of sulfonamides is 1. The highest BCUT2D eigenvalue weighted by Crippen LogP contribution is 2.62. The molecule has 1 aromatic carbocycles. The van der Waals surface area contributed by atoms with Crippen LogP contribution in [0, 0.1) is 10.8 Å². The van der Waals surface area contributed by atoms with Gasteiger partial charge in [0, 0.05) is 11.6 Å². The summed E-state index contributed by atoms with van der Waals surface area (Å²) in [6, 6.07) is 4.08. The van der Waals surface area contributed by atoms with E-state index in [0.29, 0.717) is 0 Å². The van der Waals surface area contributed by atoms with Crippen LogP contribution in [-0.2, 0) is 10.0 Å². The molecule has 0 heterocycles. The van der Waals surface area contributed by atoms with E-state index in [1.54, 1.807) is 0 Å². The maximum atomic E-state index is 12.3. The molecule has 0 aliphatic heterocycles. The first kappa shape index (κ1) is 16.3. The van der Waals surface area contributed by atoms with Gasteiger partial charge in [-0.1, -0.05) is 39.3 Å². The summed E-state index contributed by atoms with van der Waals surface area (Å²) >= 11 is 5.80. The van der Waals surface area contributed by atoms with Crippen molar-refractivity contribution in [2.45, 2.75) is 38.6 Å². The Labute approximate surface area is 129 Å². The molecular formula is C14H19ClN2O3S. The van der Waals surface area contributed by atoms with E-state index in [1.807, 2.05) is 0 Å². The first-order chi connectivity index (χ1) is 9.39. The molecule has 116 valence electrons.